The summed E-state index contributed by atoms with van der Waals surface area (Å²) in [5, 5.41) is 5.49. The van der Waals surface area contributed by atoms with Crippen LogP contribution < -0.4 is 15.5 Å². The Morgan fingerprint density at radius 2 is 1.69 bits per heavy atom. The number of nitrogens with one attached hydrogen (secondary N) is 2. The molecule has 0 bridgehead atoms. The molecule has 136 valence electrons. The van der Waals surface area contributed by atoms with Gasteiger partial charge in [-0.05, 0) is 62.6 Å². The molecule has 5 heteroatoms. The van der Waals surface area contributed by atoms with Gasteiger partial charge in [-0.3, -0.25) is 9.59 Å². The molecule has 0 unspecified atom stereocenters. The second kappa shape index (κ2) is 8.04. The number of nitrogens with zero attached hydrogens (tertiary/aromatic N) is 1. The van der Waals surface area contributed by atoms with Gasteiger partial charge in [0.05, 0.1) is 6.54 Å². The zero-order valence-corrected chi connectivity index (χ0v) is 15.3. The molecule has 1 aliphatic heterocycles. The molecule has 2 N–H and O–H groups in total. The van der Waals surface area contributed by atoms with Crippen molar-refractivity contribution >= 4 is 23.2 Å². The number of aryl methyl sites for hydroxylation is 2. The van der Waals surface area contributed by atoms with Crippen molar-refractivity contribution in [3.8, 4) is 0 Å². The van der Waals surface area contributed by atoms with Crippen LogP contribution in [-0.2, 0) is 4.79 Å². The van der Waals surface area contributed by atoms with E-state index in [0.29, 0.717) is 5.56 Å². The quantitative estimate of drug-likeness (QED) is 0.869. The number of hydrogen-bond acceptors (Lipinski definition) is 3. The molecule has 2 aromatic carbocycles. The molecule has 5 nitrogen and oxygen atoms in total. The molecule has 0 aromatic heterocycles. The zero-order valence-electron chi connectivity index (χ0n) is 15.3. The SMILES string of the molecule is Cc1ccc(C(=O)NCC(=O)Nc2ccc(N3CCCC3)c(C)c2)cc1. The van der Waals surface area contributed by atoms with E-state index in [2.05, 4.69) is 28.5 Å². The van der Waals surface area contributed by atoms with Gasteiger partial charge in [-0.15, -0.1) is 0 Å². The van der Waals surface area contributed by atoms with Gasteiger partial charge < -0.3 is 15.5 Å². The smallest absolute Gasteiger partial charge is 0.251 e. The number of hydrogen-bond donors (Lipinski definition) is 2. The molecule has 1 heterocycles. The molecule has 0 atom stereocenters. The van der Waals surface area contributed by atoms with Crippen molar-refractivity contribution in [2.24, 2.45) is 0 Å². The maximum atomic E-state index is 12.1. The predicted molar refractivity (Wildman–Crippen MR) is 105 cm³/mol. The van der Waals surface area contributed by atoms with Crippen molar-refractivity contribution in [1.82, 2.24) is 5.32 Å². The number of amides is 2. The van der Waals surface area contributed by atoms with E-state index in [9.17, 15) is 9.59 Å². The Balaban J connectivity index is 1.53. The van der Waals surface area contributed by atoms with Gasteiger partial charge in [0.15, 0.2) is 0 Å². The van der Waals surface area contributed by atoms with Gasteiger partial charge in [0.25, 0.3) is 5.91 Å². The molecule has 1 saturated heterocycles. The molecule has 2 amide bonds. The number of rotatable bonds is 5. The fourth-order valence-electron chi connectivity index (χ4n) is 3.22. The van der Waals surface area contributed by atoms with Gasteiger partial charge in [0.1, 0.15) is 0 Å². The summed E-state index contributed by atoms with van der Waals surface area (Å²) in [6, 6.07) is 13.2. The van der Waals surface area contributed by atoms with Crippen LogP contribution in [0, 0.1) is 13.8 Å². The van der Waals surface area contributed by atoms with Gasteiger partial charge in [-0.1, -0.05) is 17.7 Å². The van der Waals surface area contributed by atoms with Crippen molar-refractivity contribution in [3.05, 3.63) is 59.2 Å². The summed E-state index contributed by atoms with van der Waals surface area (Å²) in [6.45, 7) is 6.16. The fourth-order valence-corrected chi connectivity index (χ4v) is 3.22. The monoisotopic (exact) mass is 351 g/mol. The van der Waals surface area contributed by atoms with Crippen LogP contribution >= 0.6 is 0 Å². The van der Waals surface area contributed by atoms with E-state index in [0.717, 1.165) is 29.9 Å². The van der Waals surface area contributed by atoms with Gasteiger partial charge in [0, 0.05) is 30.0 Å². The molecule has 0 saturated carbocycles. The lowest BCUT2D eigenvalue weighted by Gasteiger charge is -2.20. The normalized spacial score (nSPS) is 13.5. The molecule has 26 heavy (non-hydrogen) atoms. The van der Waals surface area contributed by atoms with Crippen molar-refractivity contribution < 1.29 is 9.59 Å². The van der Waals surface area contributed by atoms with E-state index in [1.165, 1.54) is 18.5 Å². The molecular formula is C21H25N3O2. The van der Waals surface area contributed by atoms with E-state index in [4.69, 9.17) is 0 Å². The van der Waals surface area contributed by atoms with Crippen LogP contribution in [0.1, 0.15) is 34.3 Å². The maximum Gasteiger partial charge on any atom is 0.251 e. The molecule has 0 spiro atoms. The Labute approximate surface area is 154 Å². The number of carbonyl (C=O) groups is 2. The lowest BCUT2D eigenvalue weighted by molar-refractivity contribution is -0.115. The van der Waals surface area contributed by atoms with Crippen molar-refractivity contribution in [1.29, 1.82) is 0 Å². The minimum absolute atomic E-state index is 0.0559. The first kappa shape index (κ1) is 18.0. The third-order valence-corrected chi connectivity index (χ3v) is 4.65. The average Bonchev–Trinajstić information content (AvgIpc) is 3.15. The summed E-state index contributed by atoms with van der Waals surface area (Å²) in [6.07, 6.45) is 2.47. The van der Waals surface area contributed by atoms with Gasteiger partial charge in [-0.2, -0.15) is 0 Å². The van der Waals surface area contributed by atoms with E-state index in [1.807, 2.05) is 31.2 Å². The van der Waals surface area contributed by atoms with Crippen molar-refractivity contribution in [2.75, 3.05) is 29.9 Å². The third kappa shape index (κ3) is 4.42. The summed E-state index contributed by atoms with van der Waals surface area (Å²) in [5.41, 5.74) is 4.77. The second-order valence-corrected chi connectivity index (χ2v) is 6.79. The zero-order chi connectivity index (χ0) is 18.5. The number of anilines is 2. The van der Waals surface area contributed by atoms with E-state index in [-0.39, 0.29) is 18.4 Å². The molecule has 1 aliphatic rings. The lowest BCUT2D eigenvalue weighted by Crippen LogP contribution is -2.32. The van der Waals surface area contributed by atoms with Gasteiger partial charge in [0.2, 0.25) is 5.91 Å². The Morgan fingerprint density at radius 3 is 2.35 bits per heavy atom. The molecule has 2 aromatic rings. The highest BCUT2D eigenvalue weighted by molar-refractivity contribution is 5.99. The van der Waals surface area contributed by atoms with Gasteiger partial charge >= 0.3 is 0 Å². The van der Waals surface area contributed by atoms with Crippen LogP contribution in [-0.4, -0.2) is 31.4 Å². The number of carbonyl (C=O) groups excluding carboxylic acids is 2. The Bertz CT molecular complexity index is 793. The van der Waals surface area contributed by atoms with Crippen LogP contribution in [0.3, 0.4) is 0 Å². The molecule has 3 rings (SSSR count). The topological polar surface area (TPSA) is 61.4 Å². The Morgan fingerprint density at radius 1 is 1.00 bits per heavy atom. The molecule has 0 aliphatic carbocycles. The minimum Gasteiger partial charge on any atom is -0.371 e. The summed E-state index contributed by atoms with van der Waals surface area (Å²) >= 11 is 0. The van der Waals surface area contributed by atoms with Crippen molar-refractivity contribution in [2.45, 2.75) is 26.7 Å². The second-order valence-electron chi connectivity index (χ2n) is 6.79. The molecular weight excluding hydrogens is 326 g/mol. The van der Waals surface area contributed by atoms with Crippen LogP contribution in [0.5, 0.6) is 0 Å². The van der Waals surface area contributed by atoms with Crippen LogP contribution in [0.25, 0.3) is 0 Å². The highest BCUT2D eigenvalue weighted by Crippen LogP contribution is 2.26. The Kier molecular flexibility index (Phi) is 5.56. The Hall–Kier alpha value is -2.82. The van der Waals surface area contributed by atoms with Crippen LogP contribution in [0.15, 0.2) is 42.5 Å². The third-order valence-electron chi connectivity index (χ3n) is 4.65. The van der Waals surface area contributed by atoms with E-state index < -0.39 is 0 Å². The highest BCUT2D eigenvalue weighted by atomic mass is 16.2. The summed E-state index contributed by atoms with van der Waals surface area (Å²) < 4.78 is 0. The van der Waals surface area contributed by atoms with Crippen molar-refractivity contribution in [3.63, 3.8) is 0 Å². The standard InChI is InChI=1S/C21H25N3O2/c1-15-5-7-17(8-6-15)21(26)22-14-20(25)23-18-9-10-19(16(2)13-18)24-11-3-4-12-24/h5-10,13H,3-4,11-12,14H2,1-2H3,(H,22,26)(H,23,25). The fraction of sp³-hybridized carbons (Fsp3) is 0.333. The summed E-state index contributed by atoms with van der Waals surface area (Å²) in [4.78, 5) is 26.6. The van der Waals surface area contributed by atoms with Crippen LogP contribution in [0.4, 0.5) is 11.4 Å². The molecule has 0 radical (unpaired) electrons. The first-order valence-corrected chi connectivity index (χ1v) is 9.03. The van der Waals surface area contributed by atoms with E-state index >= 15 is 0 Å². The first-order chi connectivity index (χ1) is 12.5. The largest absolute Gasteiger partial charge is 0.371 e. The predicted octanol–water partition coefficient (Wildman–Crippen LogP) is 3.27. The van der Waals surface area contributed by atoms with E-state index in [1.54, 1.807) is 12.1 Å². The summed E-state index contributed by atoms with van der Waals surface area (Å²) in [5.74, 6) is -0.487. The highest BCUT2D eigenvalue weighted by Gasteiger charge is 2.15. The van der Waals surface area contributed by atoms with Crippen LogP contribution in [0.2, 0.25) is 0 Å². The first-order valence-electron chi connectivity index (χ1n) is 9.03. The number of benzene rings is 2. The van der Waals surface area contributed by atoms with Gasteiger partial charge in [-0.25, -0.2) is 0 Å². The lowest BCUT2D eigenvalue weighted by atomic mass is 10.1. The molecule has 1 fully saturated rings. The summed E-state index contributed by atoms with van der Waals surface area (Å²) in [7, 11) is 0. The minimum atomic E-state index is -0.249. The maximum absolute atomic E-state index is 12.1. The average molecular weight is 351 g/mol.